The zero-order valence-corrected chi connectivity index (χ0v) is 16.6. The molecule has 0 heterocycles. The molecule has 3 rings (SSSR count). The molecule has 1 aliphatic rings. The molecular formula is C21H24FN3O5. The molecule has 0 unspecified atom stereocenters. The van der Waals surface area contributed by atoms with Crippen LogP contribution in [0.2, 0.25) is 0 Å². The minimum Gasteiger partial charge on any atom is -0.494 e. The monoisotopic (exact) mass is 417 g/mol. The third-order valence-corrected chi connectivity index (χ3v) is 5.18. The summed E-state index contributed by atoms with van der Waals surface area (Å²) in [5.41, 5.74) is 0.966. The predicted molar refractivity (Wildman–Crippen MR) is 109 cm³/mol. The van der Waals surface area contributed by atoms with E-state index in [2.05, 4.69) is 10.6 Å². The van der Waals surface area contributed by atoms with E-state index in [4.69, 9.17) is 4.74 Å². The molecule has 2 aromatic carbocycles. The van der Waals surface area contributed by atoms with Crippen molar-refractivity contribution in [3.8, 4) is 5.75 Å². The Morgan fingerprint density at radius 1 is 1.23 bits per heavy atom. The topological polar surface area (TPSA) is 114 Å². The summed E-state index contributed by atoms with van der Waals surface area (Å²) in [5, 5.41) is 26.8. The Kier molecular flexibility index (Phi) is 6.83. The molecule has 160 valence electrons. The Bertz CT molecular complexity index is 929. The maximum absolute atomic E-state index is 13.9. The van der Waals surface area contributed by atoms with Crippen molar-refractivity contribution in [2.75, 3.05) is 12.4 Å². The second kappa shape index (κ2) is 9.53. The number of benzene rings is 2. The first-order valence-electron chi connectivity index (χ1n) is 9.71. The minimum absolute atomic E-state index is 0.0531. The molecule has 0 atom stereocenters. The van der Waals surface area contributed by atoms with Crippen LogP contribution in [0.5, 0.6) is 5.75 Å². The second-order valence-electron chi connectivity index (χ2n) is 7.29. The summed E-state index contributed by atoms with van der Waals surface area (Å²) < 4.78 is 18.7. The molecule has 0 radical (unpaired) electrons. The van der Waals surface area contributed by atoms with Crippen LogP contribution < -0.4 is 15.4 Å². The smallest absolute Gasteiger partial charge is 0.270 e. The number of aliphatic hydroxyl groups excluding tert-OH is 1. The van der Waals surface area contributed by atoms with Crippen LogP contribution in [0.25, 0.3) is 0 Å². The van der Waals surface area contributed by atoms with Gasteiger partial charge in [0, 0.05) is 30.4 Å². The Balaban J connectivity index is 1.75. The van der Waals surface area contributed by atoms with Gasteiger partial charge in [-0.25, -0.2) is 4.39 Å². The number of hydrogen-bond acceptors (Lipinski definition) is 6. The number of carbonyl (C=O) groups is 1. The molecule has 0 spiro atoms. The molecule has 1 amide bonds. The van der Waals surface area contributed by atoms with Gasteiger partial charge in [-0.2, -0.15) is 0 Å². The number of amides is 1. The van der Waals surface area contributed by atoms with E-state index in [1.54, 1.807) is 6.07 Å². The summed E-state index contributed by atoms with van der Waals surface area (Å²) in [7, 11) is 1.36. The highest BCUT2D eigenvalue weighted by Gasteiger charge is 2.22. The molecule has 30 heavy (non-hydrogen) atoms. The van der Waals surface area contributed by atoms with E-state index in [1.165, 1.54) is 37.4 Å². The molecule has 8 nitrogen and oxygen atoms in total. The summed E-state index contributed by atoms with van der Waals surface area (Å²) in [6.45, 7) is 0.0531. The normalized spacial score (nSPS) is 18.5. The first-order chi connectivity index (χ1) is 14.4. The Labute approximate surface area is 173 Å². The lowest BCUT2D eigenvalue weighted by atomic mass is 9.92. The highest BCUT2D eigenvalue weighted by molar-refractivity contribution is 6.00. The van der Waals surface area contributed by atoms with Gasteiger partial charge in [0.25, 0.3) is 11.6 Å². The Hall–Kier alpha value is -3.20. The number of halogens is 1. The lowest BCUT2D eigenvalue weighted by Gasteiger charge is -2.27. The van der Waals surface area contributed by atoms with Crippen LogP contribution in [0.15, 0.2) is 36.4 Å². The van der Waals surface area contributed by atoms with Crippen LogP contribution in [-0.2, 0) is 6.54 Å². The number of ether oxygens (including phenoxy) is 1. The molecule has 1 fully saturated rings. The van der Waals surface area contributed by atoms with Crippen molar-refractivity contribution in [1.82, 2.24) is 5.32 Å². The molecule has 3 N–H and O–H groups in total. The van der Waals surface area contributed by atoms with Gasteiger partial charge < -0.3 is 20.5 Å². The maximum Gasteiger partial charge on any atom is 0.270 e. The number of anilines is 1. The highest BCUT2D eigenvalue weighted by Crippen LogP contribution is 2.27. The van der Waals surface area contributed by atoms with Crippen LogP contribution in [0, 0.1) is 15.9 Å². The molecule has 0 aliphatic heterocycles. The first-order valence-corrected chi connectivity index (χ1v) is 9.71. The minimum atomic E-state index is -0.559. The molecule has 1 saturated carbocycles. The van der Waals surface area contributed by atoms with E-state index in [0.717, 1.165) is 12.8 Å². The van der Waals surface area contributed by atoms with Gasteiger partial charge in [-0.3, -0.25) is 14.9 Å². The fourth-order valence-corrected chi connectivity index (χ4v) is 3.50. The van der Waals surface area contributed by atoms with Crippen LogP contribution in [0.4, 0.5) is 15.8 Å². The van der Waals surface area contributed by atoms with Crippen molar-refractivity contribution in [3.05, 3.63) is 63.5 Å². The molecule has 0 aromatic heterocycles. The van der Waals surface area contributed by atoms with Crippen LogP contribution >= 0.6 is 0 Å². The van der Waals surface area contributed by atoms with Crippen molar-refractivity contribution in [2.45, 2.75) is 44.4 Å². The summed E-state index contributed by atoms with van der Waals surface area (Å²) in [6.07, 6.45) is 2.49. The molecule has 2 aromatic rings. The molecular weight excluding hydrogens is 393 g/mol. The number of rotatable bonds is 7. The number of nitrogens with zero attached hydrogens (tertiary/aromatic N) is 1. The summed E-state index contributed by atoms with van der Waals surface area (Å²) in [6, 6.07) is 8.51. The van der Waals surface area contributed by atoms with Gasteiger partial charge in [0.15, 0.2) is 11.6 Å². The quantitative estimate of drug-likeness (QED) is 0.470. The first kappa shape index (κ1) is 21.5. The molecule has 1 aliphatic carbocycles. The SMILES string of the molecule is COc1ccc(CNC(=O)c2cc([N+](=O)[O-])ccc2NC2CCC(O)CC2)cc1F. The molecule has 9 heteroatoms. The van der Waals surface area contributed by atoms with Crippen molar-refractivity contribution in [3.63, 3.8) is 0 Å². The van der Waals surface area contributed by atoms with Gasteiger partial charge in [-0.1, -0.05) is 6.07 Å². The molecule has 0 saturated heterocycles. The van der Waals surface area contributed by atoms with Crippen LogP contribution in [-0.4, -0.2) is 35.2 Å². The van der Waals surface area contributed by atoms with E-state index < -0.39 is 16.6 Å². The number of nitro benzene ring substituents is 1. The lowest BCUT2D eigenvalue weighted by molar-refractivity contribution is -0.384. The number of methoxy groups -OCH3 is 1. The average Bonchev–Trinajstić information content (AvgIpc) is 2.74. The van der Waals surface area contributed by atoms with Gasteiger partial charge in [0.05, 0.1) is 23.7 Å². The fraction of sp³-hybridized carbons (Fsp3) is 0.381. The second-order valence-corrected chi connectivity index (χ2v) is 7.29. The van der Waals surface area contributed by atoms with Crippen LogP contribution in [0.1, 0.15) is 41.6 Å². The molecule has 0 bridgehead atoms. The lowest BCUT2D eigenvalue weighted by Crippen LogP contribution is -2.30. The number of nitro groups is 1. The van der Waals surface area contributed by atoms with Crippen molar-refractivity contribution < 1.29 is 24.0 Å². The van der Waals surface area contributed by atoms with E-state index in [9.17, 15) is 24.4 Å². The number of carbonyl (C=O) groups excluding carboxylic acids is 1. The van der Waals surface area contributed by atoms with E-state index >= 15 is 0 Å². The fourth-order valence-electron chi connectivity index (χ4n) is 3.50. The van der Waals surface area contributed by atoms with Crippen molar-refractivity contribution in [2.24, 2.45) is 0 Å². The Morgan fingerprint density at radius 3 is 2.60 bits per heavy atom. The van der Waals surface area contributed by atoms with Gasteiger partial charge in [0.1, 0.15) is 0 Å². The number of non-ortho nitro benzene ring substituents is 1. The van der Waals surface area contributed by atoms with Crippen molar-refractivity contribution in [1.29, 1.82) is 0 Å². The third-order valence-electron chi connectivity index (χ3n) is 5.18. The van der Waals surface area contributed by atoms with Gasteiger partial charge in [-0.15, -0.1) is 0 Å². The van der Waals surface area contributed by atoms with Gasteiger partial charge >= 0.3 is 0 Å². The number of nitrogens with one attached hydrogen (secondary N) is 2. The Morgan fingerprint density at radius 2 is 1.97 bits per heavy atom. The summed E-state index contributed by atoms with van der Waals surface area (Å²) in [5.74, 6) is -0.942. The predicted octanol–water partition coefficient (Wildman–Crippen LogP) is 3.39. The zero-order chi connectivity index (χ0) is 21.7. The summed E-state index contributed by atoms with van der Waals surface area (Å²) >= 11 is 0. The van der Waals surface area contributed by atoms with E-state index in [-0.39, 0.29) is 35.7 Å². The third kappa shape index (κ3) is 5.24. The standard InChI is InChI=1S/C21H24FN3O5/c1-30-20-9-2-13(10-18(20)22)12-23-21(27)17-11-15(25(28)29)5-8-19(17)24-14-3-6-16(26)7-4-14/h2,5,8-11,14,16,24,26H,3-4,6-7,12H2,1H3,(H,23,27). The average molecular weight is 417 g/mol. The largest absolute Gasteiger partial charge is 0.494 e. The van der Waals surface area contributed by atoms with Crippen molar-refractivity contribution >= 4 is 17.3 Å². The van der Waals surface area contributed by atoms with Gasteiger partial charge in [-0.05, 0) is 49.4 Å². The summed E-state index contributed by atoms with van der Waals surface area (Å²) in [4.78, 5) is 23.4. The van der Waals surface area contributed by atoms with E-state index in [1.807, 2.05) is 0 Å². The maximum atomic E-state index is 13.9. The number of aliphatic hydroxyl groups is 1. The highest BCUT2D eigenvalue weighted by atomic mass is 19.1. The van der Waals surface area contributed by atoms with Gasteiger partial charge in [0.2, 0.25) is 0 Å². The van der Waals surface area contributed by atoms with Crippen LogP contribution in [0.3, 0.4) is 0 Å². The number of hydrogen-bond donors (Lipinski definition) is 3. The zero-order valence-electron chi connectivity index (χ0n) is 16.6. The van der Waals surface area contributed by atoms with E-state index in [0.29, 0.717) is 24.1 Å².